The lowest BCUT2D eigenvalue weighted by molar-refractivity contribution is 0.105. The third kappa shape index (κ3) is 4.07. The molecule has 1 amide bonds. The lowest BCUT2D eigenvalue weighted by Crippen LogP contribution is -2.26. The molecule has 132 valence electrons. The monoisotopic (exact) mass is 359 g/mol. The van der Waals surface area contributed by atoms with Gasteiger partial charge in [-0.2, -0.15) is 0 Å². The largest absolute Gasteiger partial charge is 0.490 e. The van der Waals surface area contributed by atoms with Crippen molar-refractivity contribution in [1.82, 2.24) is 0 Å². The lowest BCUT2D eigenvalue weighted by atomic mass is 9.87. The van der Waals surface area contributed by atoms with E-state index in [9.17, 15) is 4.79 Å². The highest BCUT2D eigenvalue weighted by Gasteiger charge is 2.33. The van der Waals surface area contributed by atoms with Crippen LogP contribution in [0.4, 0.5) is 10.5 Å². The maximum Gasteiger partial charge on any atom is 0.414 e. The molecule has 0 radical (unpaired) electrons. The van der Waals surface area contributed by atoms with E-state index in [-0.39, 0.29) is 11.5 Å². The first-order valence-electron chi connectivity index (χ1n) is 8.30. The number of benzene rings is 2. The summed E-state index contributed by atoms with van der Waals surface area (Å²) in [6, 6.07) is 15.2. The predicted octanol–water partition coefficient (Wildman–Crippen LogP) is 5.04. The van der Waals surface area contributed by atoms with Gasteiger partial charge in [0.25, 0.3) is 0 Å². The Morgan fingerprint density at radius 1 is 1.16 bits per heavy atom. The Labute approximate surface area is 153 Å². The minimum absolute atomic E-state index is 0.106. The number of amides is 1. The second kappa shape index (κ2) is 6.96. The van der Waals surface area contributed by atoms with Crippen molar-refractivity contribution < 1.29 is 14.3 Å². The number of halogens is 1. The van der Waals surface area contributed by atoms with E-state index in [1.807, 2.05) is 24.3 Å². The molecule has 4 nitrogen and oxygen atoms in total. The zero-order valence-electron chi connectivity index (χ0n) is 14.7. The summed E-state index contributed by atoms with van der Waals surface area (Å²) in [7, 11) is 0. The third-order valence-electron chi connectivity index (χ3n) is 4.17. The van der Waals surface area contributed by atoms with E-state index in [1.54, 1.807) is 17.0 Å². The zero-order valence-corrected chi connectivity index (χ0v) is 15.4. The first-order valence-corrected chi connectivity index (χ1v) is 8.68. The van der Waals surface area contributed by atoms with E-state index in [0.717, 1.165) is 5.75 Å². The van der Waals surface area contributed by atoms with Crippen LogP contribution < -0.4 is 9.64 Å². The molecule has 1 fully saturated rings. The summed E-state index contributed by atoms with van der Waals surface area (Å²) in [6.07, 6.45) is -0.726. The van der Waals surface area contributed by atoms with Crippen molar-refractivity contribution in [1.29, 1.82) is 0 Å². The number of rotatable bonds is 4. The van der Waals surface area contributed by atoms with Crippen molar-refractivity contribution in [3.63, 3.8) is 0 Å². The summed E-state index contributed by atoms with van der Waals surface area (Å²) in [5, 5.41) is 0.527. The van der Waals surface area contributed by atoms with Crippen LogP contribution in [-0.4, -0.2) is 25.3 Å². The number of hydrogen-bond donors (Lipinski definition) is 0. The number of nitrogens with zero attached hydrogens (tertiary/aromatic N) is 1. The van der Waals surface area contributed by atoms with Crippen molar-refractivity contribution in [2.45, 2.75) is 32.3 Å². The van der Waals surface area contributed by atoms with Gasteiger partial charge in [-0.1, -0.05) is 56.6 Å². The highest BCUT2D eigenvalue weighted by molar-refractivity contribution is 6.33. The average molecular weight is 360 g/mol. The van der Waals surface area contributed by atoms with Gasteiger partial charge in [0.2, 0.25) is 0 Å². The Hall–Kier alpha value is -2.20. The van der Waals surface area contributed by atoms with Crippen LogP contribution in [0.5, 0.6) is 5.75 Å². The van der Waals surface area contributed by atoms with Crippen molar-refractivity contribution >= 4 is 23.4 Å². The fourth-order valence-electron chi connectivity index (χ4n) is 2.72. The zero-order chi connectivity index (χ0) is 18.0. The van der Waals surface area contributed by atoms with Gasteiger partial charge < -0.3 is 9.47 Å². The molecule has 0 aromatic heterocycles. The Bertz CT molecular complexity index is 752. The van der Waals surface area contributed by atoms with Gasteiger partial charge in [-0.25, -0.2) is 4.79 Å². The summed E-state index contributed by atoms with van der Waals surface area (Å²) < 4.78 is 11.2. The molecule has 2 aromatic carbocycles. The quantitative estimate of drug-likeness (QED) is 0.767. The van der Waals surface area contributed by atoms with Crippen LogP contribution >= 0.6 is 11.6 Å². The summed E-state index contributed by atoms with van der Waals surface area (Å²) >= 11 is 6.16. The van der Waals surface area contributed by atoms with Crippen LogP contribution in [-0.2, 0) is 10.2 Å². The molecule has 1 aliphatic rings. The summed E-state index contributed by atoms with van der Waals surface area (Å²) in [4.78, 5) is 13.6. The molecular weight excluding hydrogens is 338 g/mol. The number of carbonyl (C=O) groups excluding carboxylic acids is 1. The molecule has 25 heavy (non-hydrogen) atoms. The van der Waals surface area contributed by atoms with E-state index in [0.29, 0.717) is 23.9 Å². The number of para-hydroxylation sites is 1. The summed E-state index contributed by atoms with van der Waals surface area (Å²) in [5.41, 5.74) is 2.01. The first-order chi connectivity index (χ1) is 11.8. The van der Waals surface area contributed by atoms with Crippen LogP contribution in [0, 0.1) is 0 Å². The summed E-state index contributed by atoms with van der Waals surface area (Å²) in [5.74, 6) is 0.764. The van der Waals surface area contributed by atoms with E-state index in [4.69, 9.17) is 21.1 Å². The Kier molecular flexibility index (Phi) is 4.91. The Balaban J connectivity index is 1.60. The van der Waals surface area contributed by atoms with Crippen molar-refractivity contribution in [2.75, 3.05) is 18.1 Å². The maximum atomic E-state index is 12.1. The van der Waals surface area contributed by atoms with Crippen LogP contribution in [0.25, 0.3) is 0 Å². The van der Waals surface area contributed by atoms with Gasteiger partial charge in [0.05, 0.1) is 17.3 Å². The van der Waals surface area contributed by atoms with Crippen molar-refractivity contribution in [2.24, 2.45) is 0 Å². The van der Waals surface area contributed by atoms with Gasteiger partial charge in [0.15, 0.2) is 6.10 Å². The van der Waals surface area contributed by atoms with Crippen LogP contribution in [0.2, 0.25) is 5.02 Å². The standard InChI is InChI=1S/C20H22ClNO3/c1-20(2,3)14-8-10-15(11-9-14)24-13-16-12-22(19(23)25-16)18-7-5-4-6-17(18)21/h4-11,16H,12-13H2,1-3H3. The minimum atomic E-state index is -0.398. The molecule has 0 spiro atoms. The number of hydrogen-bond acceptors (Lipinski definition) is 3. The molecule has 1 atom stereocenters. The maximum absolute atomic E-state index is 12.1. The Morgan fingerprint density at radius 2 is 1.84 bits per heavy atom. The topological polar surface area (TPSA) is 38.8 Å². The predicted molar refractivity (Wildman–Crippen MR) is 99.7 cm³/mol. The third-order valence-corrected chi connectivity index (χ3v) is 4.49. The molecule has 0 bridgehead atoms. The molecule has 3 rings (SSSR count). The number of cyclic esters (lactones) is 1. The molecule has 0 N–H and O–H groups in total. The minimum Gasteiger partial charge on any atom is -0.490 e. The van der Waals surface area contributed by atoms with Gasteiger partial charge in [-0.05, 0) is 35.2 Å². The lowest BCUT2D eigenvalue weighted by Gasteiger charge is -2.19. The number of carbonyl (C=O) groups is 1. The number of ether oxygens (including phenoxy) is 2. The normalized spacial score (nSPS) is 17.5. The SMILES string of the molecule is CC(C)(C)c1ccc(OCC2CN(c3ccccc3Cl)C(=O)O2)cc1. The Morgan fingerprint density at radius 3 is 2.48 bits per heavy atom. The average Bonchev–Trinajstić information content (AvgIpc) is 2.94. The van der Waals surface area contributed by atoms with Crippen LogP contribution in [0.3, 0.4) is 0 Å². The van der Waals surface area contributed by atoms with Gasteiger partial charge in [-0.3, -0.25) is 4.90 Å². The highest BCUT2D eigenvalue weighted by Crippen LogP contribution is 2.29. The van der Waals surface area contributed by atoms with Gasteiger partial charge in [0.1, 0.15) is 12.4 Å². The van der Waals surface area contributed by atoms with E-state index in [1.165, 1.54) is 5.56 Å². The van der Waals surface area contributed by atoms with Crippen LogP contribution in [0.1, 0.15) is 26.3 Å². The van der Waals surface area contributed by atoms with E-state index >= 15 is 0 Å². The van der Waals surface area contributed by atoms with Gasteiger partial charge in [0, 0.05) is 0 Å². The smallest absolute Gasteiger partial charge is 0.414 e. The van der Waals surface area contributed by atoms with Gasteiger partial charge >= 0.3 is 6.09 Å². The van der Waals surface area contributed by atoms with Crippen molar-refractivity contribution in [3.8, 4) is 5.75 Å². The fourth-order valence-corrected chi connectivity index (χ4v) is 2.95. The molecule has 2 aromatic rings. The molecule has 1 heterocycles. The highest BCUT2D eigenvalue weighted by atomic mass is 35.5. The van der Waals surface area contributed by atoms with Crippen molar-refractivity contribution in [3.05, 3.63) is 59.1 Å². The molecule has 5 heteroatoms. The summed E-state index contributed by atoms with van der Waals surface area (Å²) in [6.45, 7) is 7.24. The van der Waals surface area contributed by atoms with Crippen LogP contribution in [0.15, 0.2) is 48.5 Å². The molecule has 0 aliphatic carbocycles. The van der Waals surface area contributed by atoms with E-state index in [2.05, 4.69) is 32.9 Å². The molecule has 0 saturated carbocycles. The van der Waals surface area contributed by atoms with Gasteiger partial charge in [-0.15, -0.1) is 0 Å². The molecule has 1 saturated heterocycles. The molecule has 1 unspecified atom stereocenters. The second-order valence-corrected chi connectivity index (χ2v) is 7.56. The van der Waals surface area contributed by atoms with E-state index < -0.39 is 6.09 Å². The number of anilines is 1. The second-order valence-electron chi connectivity index (χ2n) is 7.15. The molecular formula is C20H22ClNO3. The first kappa shape index (κ1) is 17.6. The molecule has 1 aliphatic heterocycles. The fraction of sp³-hybridized carbons (Fsp3) is 0.350.